The van der Waals surface area contributed by atoms with Crippen molar-refractivity contribution >= 4 is 21.8 Å². The van der Waals surface area contributed by atoms with E-state index >= 15 is 0 Å². The van der Waals surface area contributed by atoms with Crippen molar-refractivity contribution in [1.29, 1.82) is 0 Å². The lowest BCUT2D eigenvalue weighted by Gasteiger charge is -2.37. The first kappa shape index (κ1) is 21.3. The average molecular weight is 434 g/mol. The normalized spacial score (nSPS) is 23.9. The summed E-state index contributed by atoms with van der Waals surface area (Å²) < 4.78 is 27.2. The van der Waals surface area contributed by atoms with Crippen molar-refractivity contribution in [3.8, 4) is 0 Å². The molecule has 1 aromatic carbocycles. The molecule has 3 aliphatic rings. The summed E-state index contributed by atoms with van der Waals surface area (Å²) in [6, 6.07) is 7.22. The zero-order valence-corrected chi connectivity index (χ0v) is 18.4. The Morgan fingerprint density at radius 2 is 1.60 bits per heavy atom. The molecule has 1 atom stereocenters. The number of hydrogen-bond acceptors (Lipinski definition) is 4. The highest BCUT2D eigenvalue weighted by atomic mass is 32.2. The summed E-state index contributed by atoms with van der Waals surface area (Å²) >= 11 is 0. The smallest absolute Gasteiger partial charge is 0.243 e. The van der Waals surface area contributed by atoms with Crippen LogP contribution in [0.4, 0.5) is 0 Å². The Kier molecular flexibility index (Phi) is 6.16. The van der Waals surface area contributed by atoms with Crippen LogP contribution in [-0.4, -0.2) is 61.7 Å². The number of nitrogens with one attached hydrogen (secondary N) is 1. The largest absolute Gasteiger partial charge is 0.353 e. The molecule has 164 valence electrons. The van der Waals surface area contributed by atoms with Gasteiger partial charge in [-0.1, -0.05) is 17.7 Å². The number of carbonyl (C=O) groups is 2. The number of aryl methyl sites for hydroxylation is 1. The molecule has 1 unspecified atom stereocenters. The van der Waals surface area contributed by atoms with Crippen LogP contribution in [0.2, 0.25) is 0 Å². The van der Waals surface area contributed by atoms with E-state index in [-0.39, 0.29) is 23.7 Å². The maximum Gasteiger partial charge on any atom is 0.243 e. The van der Waals surface area contributed by atoms with Crippen LogP contribution in [-0.2, 0) is 19.6 Å². The van der Waals surface area contributed by atoms with Gasteiger partial charge in [0.2, 0.25) is 21.8 Å². The Balaban J connectivity index is 1.32. The zero-order valence-electron chi connectivity index (χ0n) is 17.5. The summed E-state index contributed by atoms with van der Waals surface area (Å²) in [5.41, 5.74) is 1.02. The molecule has 4 rings (SSSR count). The molecule has 1 aliphatic carbocycles. The minimum Gasteiger partial charge on any atom is -0.353 e. The van der Waals surface area contributed by atoms with Gasteiger partial charge in [0.05, 0.1) is 10.8 Å². The maximum absolute atomic E-state index is 13.0. The molecule has 8 heteroatoms. The predicted molar refractivity (Wildman–Crippen MR) is 113 cm³/mol. The lowest BCUT2D eigenvalue weighted by Crippen LogP contribution is -2.49. The zero-order chi connectivity index (χ0) is 21.3. The minimum atomic E-state index is -3.52. The van der Waals surface area contributed by atoms with Gasteiger partial charge in [0.15, 0.2) is 0 Å². The molecule has 2 heterocycles. The molecule has 0 bridgehead atoms. The molecule has 2 saturated heterocycles. The number of piperidine rings is 2. The number of amides is 2. The summed E-state index contributed by atoms with van der Waals surface area (Å²) in [7, 11) is -3.52. The van der Waals surface area contributed by atoms with Crippen molar-refractivity contribution in [2.24, 2.45) is 11.8 Å². The van der Waals surface area contributed by atoms with Gasteiger partial charge < -0.3 is 10.2 Å². The maximum atomic E-state index is 13.0. The van der Waals surface area contributed by atoms with Gasteiger partial charge in [-0.05, 0) is 57.6 Å². The number of hydrogen-bond donors (Lipinski definition) is 1. The monoisotopic (exact) mass is 433 g/mol. The molecule has 0 radical (unpaired) electrons. The fourth-order valence-corrected chi connectivity index (χ4v) is 5.87. The Hall–Kier alpha value is -1.93. The molecular formula is C22H31N3O4S. The average Bonchev–Trinajstić information content (AvgIpc) is 3.58. The quantitative estimate of drug-likeness (QED) is 0.769. The number of sulfonamides is 1. The standard InChI is InChI=1S/C22H31N3O4S/c1-16-4-8-20(9-5-16)30(28,29)25-13-10-17(11-14-25)22(27)24-12-2-3-18(15-24)21(26)23-19-6-7-19/h4-5,8-9,17-19H,2-3,6-7,10-15H2,1H3,(H,23,26). The number of rotatable bonds is 5. The van der Waals surface area contributed by atoms with E-state index in [0.717, 1.165) is 31.2 Å². The molecular weight excluding hydrogens is 402 g/mol. The van der Waals surface area contributed by atoms with Crippen molar-refractivity contribution in [1.82, 2.24) is 14.5 Å². The first-order valence-corrected chi connectivity index (χ1v) is 12.4. The second-order valence-corrected chi connectivity index (χ2v) is 10.8. The lowest BCUT2D eigenvalue weighted by molar-refractivity contribution is -0.140. The summed E-state index contributed by atoms with van der Waals surface area (Å²) in [4.78, 5) is 27.6. The highest BCUT2D eigenvalue weighted by Gasteiger charge is 2.37. The molecule has 7 nitrogen and oxygen atoms in total. The van der Waals surface area contributed by atoms with Crippen LogP contribution in [0, 0.1) is 18.8 Å². The number of nitrogens with zero attached hydrogens (tertiary/aromatic N) is 2. The number of likely N-dealkylation sites (tertiary alicyclic amines) is 1. The van der Waals surface area contributed by atoms with Crippen molar-refractivity contribution in [2.45, 2.75) is 56.4 Å². The topological polar surface area (TPSA) is 86.8 Å². The molecule has 1 N–H and O–H groups in total. The van der Waals surface area contributed by atoms with E-state index in [0.29, 0.717) is 50.0 Å². The van der Waals surface area contributed by atoms with Gasteiger partial charge in [-0.25, -0.2) is 8.42 Å². The van der Waals surface area contributed by atoms with Gasteiger partial charge in [0.25, 0.3) is 0 Å². The predicted octanol–water partition coefficient (Wildman–Crippen LogP) is 1.91. The first-order chi connectivity index (χ1) is 14.3. The van der Waals surface area contributed by atoms with Crippen molar-refractivity contribution in [3.05, 3.63) is 29.8 Å². The first-order valence-electron chi connectivity index (χ1n) is 11.0. The van der Waals surface area contributed by atoms with Gasteiger partial charge in [-0.15, -0.1) is 0 Å². The van der Waals surface area contributed by atoms with Crippen LogP contribution in [0.15, 0.2) is 29.2 Å². The fourth-order valence-electron chi connectivity index (χ4n) is 4.40. The van der Waals surface area contributed by atoms with E-state index in [9.17, 15) is 18.0 Å². The third-order valence-electron chi connectivity index (χ3n) is 6.49. The van der Waals surface area contributed by atoms with Gasteiger partial charge in [-0.3, -0.25) is 9.59 Å². The van der Waals surface area contributed by atoms with Gasteiger partial charge >= 0.3 is 0 Å². The molecule has 3 fully saturated rings. The van der Waals surface area contributed by atoms with E-state index in [2.05, 4.69) is 5.32 Å². The molecule has 1 aromatic rings. The van der Waals surface area contributed by atoms with Crippen molar-refractivity contribution in [3.63, 3.8) is 0 Å². The van der Waals surface area contributed by atoms with E-state index in [4.69, 9.17) is 0 Å². The molecule has 2 amide bonds. The van der Waals surface area contributed by atoms with Crippen LogP contribution < -0.4 is 5.32 Å². The number of benzene rings is 1. The van der Waals surface area contributed by atoms with E-state index < -0.39 is 10.0 Å². The highest BCUT2D eigenvalue weighted by molar-refractivity contribution is 7.89. The molecule has 0 spiro atoms. The van der Waals surface area contributed by atoms with Crippen LogP contribution >= 0.6 is 0 Å². The number of carbonyl (C=O) groups excluding carboxylic acids is 2. The summed E-state index contributed by atoms with van der Waals surface area (Å²) in [6.45, 7) is 3.81. The second-order valence-electron chi connectivity index (χ2n) is 8.90. The summed E-state index contributed by atoms with van der Waals surface area (Å²) in [5.74, 6) is -0.134. The summed E-state index contributed by atoms with van der Waals surface area (Å²) in [5, 5.41) is 3.05. The molecule has 30 heavy (non-hydrogen) atoms. The Bertz CT molecular complexity index is 887. The molecule has 0 aromatic heterocycles. The SMILES string of the molecule is Cc1ccc(S(=O)(=O)N2CCC(C(=O)N3CCCC(C(=O)NC4CC4)C3)CC2)cc1. The molecule has 2 aliphatic heterocycles. The van der Waals surface area contributed by atoms with Gasteiger partial charge in [0, 0.05) is 38.1 Å². The van der Waals surface area contributed by atoms with Crippen LogP contribution in [0.5, 0.6) is 0 Å². The van der Waals surface area contributed by atoms with Crippen LogP contribution in [0.1, 0.15) is 44.1 Å². The Labute approximate surface area is 178 Å². The fraction of sp³-hybridized carbons (Fsp3) is 0.636. The summed E-state index contributed by atoms with van der Waals surface area (Å²) in [6.07, 6.45) is 4.85. The van der Waals surface area contributed by atoms with Gasteiger partial charge in [-0.2, -0.15) is 4.31 Å². The van der Waals surface area contributed by atoms with Crippen molar-refractivity contribution in [2.75, 3.05) is 26.2 Å². The van der Waals surface area contributed by atoms with E-state index in [1.807, 2.05) is 11.8 Å². The molecule has 1 saturated carbocycles. The van der Waals surface area contributed by atoms with Crippen LogP contribution in [0.3, 0.4) is 0 Å². The third-order valence-corrected chi connectivity index (χ3v) is 8.40. The van der Waals surface area contributed by atoms with E-state index in [1.54, 1.807) is 24.3 Å². The lowest BCUT2D eigenvalue weighted by atomic mass is 9.92. The highest BCUT2D eigenvalue weighted by Crippen LogP contribution is 2.28. The van der Waals surface area contributed by atoms with Crippen molar-refractivity contribution < 1.29 is 18.0 Å². The van der Waals surface area contributed by atoms with Gasteiger partial charge in [0.1, 0.15) is 0 Å². The third kappa shape index (κ3) is 4.70. The Morgan fingerprint density at radius 1 is 0.933 bits per heavy atom. The Morgan fingerprint density at radius 3 is 2.23 bits per heavy atom. The minimum absolute atomic E-state index is 0.0753. The van der Waals surface area contributed by atoms with Crippen LogP contribution in [0.25, 0.3) is 0 Å². The second kappa shape index (κ2) is 8.67. The van der Waals surface area contributed by atoms with E-state index in [1.165, 1.54) is 4.31 Å².